The average Bonchev–Trinajstić information content (AvgIpc) is 2.92. The smallest absolute Gasteiger partial charge is 0.250 e. The number of benzene rings is 1. The summed E-state index contributed by atoms with van der Waals surface area (Å²) in [5.74, 6) is 1.86. The molecule has 0 radical (unpaired) electrons. The first-order valence-corrected chi connectivity index (χ1v) is 13.6. The van der Waals surface area contributed by atoms with Gasteiger partial charge >= 0.3 is 0 Å². The lowest BCUT2D eigenvalue weighted by atomic mass is 9.96. The van der Waals surface area contributed by atoms with Crippen LogP contribution in [0.25, 0.3) is 0 Å². The molecule has 0 bridgehead atoms. The number of aliphatic hydroxyl groups excluding tert-OH is 1. The molecule has 1 amide bonds. The molecule has 0 saturated carbocycles. The number of carbonyl (C=O) groups is 1. The topological polar surface area (TPSA) is 78.9 Å². The standard InChI is InChI=1S/C30H36N2O4S/c1-4-9-28(33)29(10-5-2)37(35)32(3)22-24-13-17-25(18-14-24)30(34)31-21-23-15-19-27(20-16-23)36-26-11-7-6-8-12-26/h4-13,15,17-20,23-24,33H,14,16,21-22H2,1-3H3,(H,31,34)/b9-4-,10-5+,29-28-. The van der Waals surface area contributed by atoms with Gasteiger partial charge in [0, 0.05) is 25.7 Å². The lowest BCUT2D eigenvalue weighted by Crippen LogP contribution is -2.31. The minimum Gasteiger partial charge on any atom is -0.507 e. The Morgan fingerprint density at radius 3 is 2.41 bits per heavy atom. The van der Waals surface area contributed by atoms with Crippen LogP contribution < -0.4 is 10.1 Å². The highest BCUT2D eigenvalue weighted by Crippen LogP contribution is 2.22. The second kappa shape index (κ2) is 14.4. The van der Waals surface area contributed by atoms with Gasteiger partial charge in [0.25, 0.3) is 5.91 Å². The number of nitrogens with zero attached hydrogens (tertiary/aromatic N) is 1. The van der Waals surface area contributed by atoms with Crippen molar-refractivity contribution >= 4 is 16.9 Å². The van der Waals surface area contributed by atoms with Crippen molar-refractivity contribution < 1.29 is 18.8 Å². The van der Waals surface area contributed by atoms with E-state index in [1.807, 2.05) is 67.6 Å². The maximum absolute atomic E-state index is 13.0. The minimum atomic E-state index is -1.50. The first-order chi connectivity index (χ1) is 17.9. The van der Waals surface area contributed by atoms with E-state index in [2.05, 4.69) is 11.4 Å². The molecule has 1 aromatic rings. The fourth-order valence-electron chi connectivity index (χ4n) is 3.98. The third-order valence-corrected chi connectivity index (χ3v) is 7.40. The highest BCUT2D eigenvalue weighted by molar-refractivity contribution is 7.86. The zero-order valence-corrected chi connectivity index (χ0v) is 22.5. The molecule has 3 unspecified atom stereocenters. The van der Waals surface area contributed by atoms with Crippen LogP contribution in [0.15, 0.2) is 113 Å². The van der Waals surface area contributed by atoms with Crippen molar-refractivity contribution in [3.63, 3.8) is 0 Å². The van der Waals surface area contributed by atoms with Crippen LogP contribution in [-0.4, -0.2) is 39.7 Å². The Balaban J connectivity index is 1.44. The zero-order chi connectivity index (χ0) is 26.6. The number of rotatable bonds is 11. The van der Waals surface area contributed by atoms with Crippen molar-refractivity contribution in [3.8, 4) is 5.75 Å². The molecule has 0 heterocycles. The van der Waals surface area contributed by atoms with E-state index in [0.29, 0.717) is 30.0 Å². The molecule has 7 heteroatoms. The summed E-state index contributed by atoms with van der Waals surface area (Å²) in [6.07, 6.45) is 20.0. The van der Waals surface area contributed by atoms with Gasteiger partial charge < -0.3 is 15.2 Å². The third-order valence-electron chi connectivity index (χ3n) is 5.97. The summed E-state index contributed by atoms with van der Waals surface area (Å²) < 4.78 is 20.5. The zero-order valence-electron chi connectivity index (χ0n) is 21.7. The van der Waals surface area contributed by atoms with Gasteiger partial charge in [-0.15, -0.1) is 0 Å². The first-order valence-electron chi connectivity index (χ1n) is 12.5. The van der Waals surface area contributed by atoms with Crippen LogP contribution in [-0.2, 0) is 15.8 Å². The Bertz CT molecular complexity index is 1180. The largest absolute Gasteiger partial charge is 0.507 e. The van der Waals surface area contributed by atoms with E-state index in [4.69, 9.17) is 4.74 Å². The molecule has 3 rings (SSSR count). The van der Waals surface area contributed by atoms with Crippen molar-refractivity contribution in [3.05, 3.63) is 113 Å². The number of hydrogen-bond donors (Lipinski definition) is 2. The van der Waals surface area contributed by atoms with Crippen LogP contribution in [0, 0.1) is 11.8 Å². The molecule has 2 N–H and O–H groups in total. The number of ether oxygens (including phenoxy) is 1. The number of nitrogens with one attached hydrogen (secondary N) is 1. The number of hydrogen-bond acceptors (Lipinski definition) is 4. The van der Waals surface area contributed by atoms with E-state index >= 15 is 0 Å². The molecular formula is C30H36N2O4S. The Morgan fingerprint density at radius 2 is 1.78 bits per heavy atom. The average molecular weight is 521 g/mol. The normalized spacial score (nSPS) is 21.1. The molecule has 3 atom stereocenters. The molecule has 0 spiro atoms. The molecule has 196 valence electrons. The Labute approximate surface area is 222 Å². The van der Waals surface area contributed by atoms with E-state index in [9.17, 15) is 14.1 Å². The second-order valence-corrected chi connectivity index (χ2v) is 10.5. The molecule has 0 fully saturated rings. The van der Waals surface area contributed by atoms with E-state index in [1.165, 1.54) is 6.08 Å². The van der Waals surface area contributed by atoms with Gasteiger partial charge in [-0.25, -0.2) is 8.51 Å². The number of aliphatic hydroxyl groups is 1. The van der Waals surface area contributed by atoms with E-state index in [-0.39, 0.29) is 23.5 Å². The molecule has 1 aromatic carbocycles. The molecule has 0 aromatic heterocycles. The fraction of sp³-hybridized carbons (Fsp3) is 0.300. The van der Waals surface area contributed by atoms with Gasteiger partial charge in [-0.05, 0) is 75.0 Å². The van der Waals surface area contributed by atoms with Crippen molar-refractivity contribution in [2.75, 3.05) is 20.1 Å². The van der Waals surface area contributed by atoms with E-state index in [0.717, 1.165) is 17.9 Å². The van der Waals surface area contributed by atoms with Gasteiger partial charge in [0.1, 0.15) is 28.3 Å². The van der Waals surface area contributed by atoms with Crippen molar-refractivity contribution in [1.82, 2.24) is 9.62 Å². The highest BCUT2D eigenvalue weighted by atomic mass is 32.2. The van der Waals surface area contributed by atoms with Crippen LogP contribution in [0.2, 0.25) is 0 Å². The van der Waals surface area contributed by atoms with E-state index < -0.39 is 11.0 Å². The Kier molecular flexibility index (Phi) is 10.9. The van der Waals surface area contributed by atoms with Gasteiger partial charge in [-0.2, -0.15) is 0 Å². The van der Waals surface area contributed by atoms with Gasteiger partial charge in [0.05, 0.1) is 4.91 Å². The molecule has 0 aliphatic heterocycles. The molecular weight excluding hydrogens is 484 g/mol. The lowest BCUT2D eigenvalue weighted by molar-refractivity contribution is -0.117. The maximum atomic E-state index is 13.0. The summed E-state index contributed by atoms with van der Waals surface area (Å²) in [7, 11) is 0.266. The molecule has 6 nitrogen and oxygen atoms in total. The Morgan fingerprint density at radius 1 is 1.08 bits per heavy atom. The summed E-state index contributed by atoms with van der Waals surface area (Å²) in [5, 5.41) is 13.2. The predicted molar refractivity (Wildman–Crippen MR) is 151 cm³/mol. The summed E-state index contributed by atoms with van der Waals surface area (Å²) >= 11 is 0. The molecule has 2 aliphatic carbocycles. The van der Waals surface area contributed by atoms with Crippen LogP contribution in [0.1, 0.15) is 26.7 Å². The summed E-state index contributed by atoms with van der Waals surface area (Å²) in [6, 6.07) is 9.66. The SMILES string of the molecule is C\C=C/C(O)=C(\C=C\C)S(=O)N(C)CC1C=CC(C(=O)NCC2C=CC(Oc3ccccc3)=CC2)=CC1. The monoisotopic (exact) mass is 520 g/mol. The lowest BCUT2D eigenvalue weighted by Gasteiger charge is -2.23. The van der Waals surface area contributed by atoms with Crippen molar-refractivity contribution in [2.45, 2.75) is 26.7 Å². The molecule has 37 heavy (non-hydrogen) atoms. The highest BCUT2D eigenvalue weighted by Gasteiger charge is 2.21. The van der Waals surface area contributed by atoms with Crippen LogP contribution >= 0.6 is 0 Å². The quantitative estimate of drug-likeness (QED) is 0.291. The van der Waals surface area contributed by atoms with Crippen LogP contribution in [0.3, 0.4) is 0 Å². The number of para-hydroxylation sites is 1. The van der Waals surface area contributed by atoms with E-state index in [1.54, 1.807) is 36.5 Å². The van der Waals surface area contributed by atoms with Crippen LogP contribution in [0.4, 0.5) is 0 Å². The van der Waals surface area contributed by atoms with Crippen molar-refractivity contribution in [2.24, 2.45) is 11.8 Å². The van der Waals surface area contributed by atoms with Gasteiger partial charge in [-0.1, -0.05) is 54.7 Å². The molecule has 2 aliphatic rings. The molecule has 0 saturated heterocycles. The summed E-state index contributed by atoms with van der Waals surface area (Å²) in [4.78, 5) is 13.0. The third kappa shape index (κ3) is 8.58. The van der Waals surface area contributed by atoms with Crippen molar-refractivity contribution in [1.29, 1.82) is 0 Å². The van der Waals surface area contributed by atoms with Gasteiger partial charge in [-0.3, -0.25) is 4.79 Å². The number of carbonyl (C=O) groups excluding carboxylic acids is 1. The first kappa shape index (κ1) is 28.2. The summed E-state index contributed by atoms with van der Waals surface area (Å²) in [5.41, 5.74) is 0.642. The number of allylic oxidation sites excluding steroid dienone is 7. The Hall–Kier alpha value is -3.42. The second-order valence-electron chi connectivity index (χ2n) is 8.91. The minimum absolute atomic E-state index is 0.00734. The van der Waals surface area contributed by atoms with Gasteiger partial charge in [0.2, 0.25) is 0 Å². The predicted octanol–water partition coefficient (Wildman–Crippen LogP) is 5.66. The summed E-state index contributed by atoms with van der Waals surface area (Å²) in [6.45, 7) is 4.70. The maximum Gasteiger partial charge on any atom is 0.250 e. The number of amides is 1. The van der Waals surface area contributed by atoms with Gasteiger partial charge in [0.15, 0.2) is 0 Å². The fourth-order valence-corrected chi connectivity index (χ4v) is 5.14. The van der Waals surface area contributed by atoms with Crippen LogP contribution in [0.5, 0.6) is 5.75 Å².